The molecule has 0 saturated carbocycles. The van der Waals surface area contributed by atoms with E-state index in [1.165, 1.54) is 24.0 Å². The molecule has 20 heavy (non-hydrogen) atoms. The molecule has 1 atom stereocenters. The normalized spacial score (nSPS) is 15.2. The van der Waals surface area contributed by atoms with Crippen LogP contribution in [0.2, 0.25) is 0 Å². The summed E-state index contributed by atoms with van der Waals surface area (Å²) in [5, 5.41) is 3.23. The molecule has 0 bridgehead atoms. The van der Waals surface area contributed by atoms with Gasteiger partial charge in [0.25, 0.3) is 0 Å². The van der Waals surface area contributed by atoms with Crippen LogP contribution in [0.5, 0.6) is 0 Å². The Morgan fingerprint density at radius 1 is 1.15 bits per heavy atom. The number of aryl methyl sites for hydroxylation is 2. The first-order chi connectivity index (χ1) is 9.70. The van der Waals surface area contributed by atoms with Crippen LogP contribution in [0.4, 0.5) is 4.39 Å². The van der Waals surface area contributed by atoms with E-state index >= 15 is 0 Å². The number of rotatable bonds is 3. The molecule has 0 saturated heterocycles. The van der Waals surface area contributed by atoms with E-state index in [2.05, 4.69) is 39.4 Å². The average Bonchev–Trinajstić information content (AvgIpc) is 2.92. The second-order valence-electron chi connectivity index (χ2n) is 5.25. The lowest BCUT2D eigenvalue weighted by molar-refractivity contribution is 0.571. The Labute approximate surface area is 127 Å². The maximum atomic E-state index is 14.3. The molecule has 3 rings (SSSR count). The Morgan fingerprint density at radius 3 is 2.75 bits per heavy atom. The van der Waals surface area contributed by atoms with Crippen LogP contribution in [0.25, 0.3) is 0 Å². The van der Waals surface area contributed by atoms with Gasteiger partial charge in [0.2, 0.25) is 0 Å². The Hall–Kier alpha value is -1.19. The van der Waals surface area contributed by atoms with Crippen LogP contribution < -0.4 is 5.32 Å². The minimum atomic E-state index is -0.188. The molecule has 0 fully saturated rings. The van der Waals surface area contributed by atoms with Gasteiger partial charge < -0.3 is 5.32 Å². The van der Waals surface area contributed by atoms with Crippen molar-refractivity contribution in [3.05, 3.63) is 68.9 Å². The number of hydrogen-bond acceptors (Lipinski definition) is 1. The molecule has 0 aliphatic heterocycles. The smallest absolute Gasteiger partial charge is 0.142 e. The van der Waals surface area contributed by atoms with Crippen molar-refractivity contribution in [2.75, 3.05) is 7.05 Å². The first kappa shape index (κ1) is 13.8. The summed E-state index contributed by atoms with van der Waals surface area (Å²) in [5.74, 6) is -0.188. The SMILES string of the molecule is CNC(c1ccc2c(c1)CCC2)c1cccc(Br)c1F. The first-order valence-corrected chi connectivity index (χ1v) is 7.73. The maximum Gasteiger partial charge on any atom is 0.142 e. The molecule has 0 radical (unpaired) electrons. The summed E-state index contributed by atoms with van der Waals surface area (Å²) in [4.78, 5) is 0. The van der Waals surface area contributed by atoms with E-state index in [0.29, 0.717) is 10.0 Å². The van der Waals surface area contributed by atoms with Crippen LogP contribution >= 0.6 is 15.9 Å². The highest BCUT2D eigenvalue weighted by Crippen LogP contribution is 2.31. The van der Waals surface area contributed by atoms with Crippen molar-refractivity contribution >= 4 is 15.9 Å². The van der Waals surface area contributed by atoms with Gasteiger partial charge in [0.15, 0.2) is 0 Å². The van der Waals surface area contributed by atoms with Gasteiger partial charge in [0.1, 0.15) is 5.82 Å². The molecule has 1 unspecified atom stereocenters. The van der Waals surface area contributed by atoms with E-state index in [-0.39, 0.29) is 11.9 Å². The van der Waals surface area contributed by atoms with Gasteiger partial charge in [-0.25, -0.2) is 4.39 Å². The molecule has 1 N–H and O–H groups in total. The summed E-state index contributed by atoms with van der Waals surface area (Å²) in [6.07, 6.45) is 3.54. The molecule has 0 heterocycles. The van der Waals surface area contributed by atoms with Crippen molar-refractivity contribution < 1.29 is 4.39 Å². The van der Waals surface area contributed by atoms with E-state index in [4.69, 9.17) is 0 Å². The number of halogens is 2. The van der Waals surface area contributed by atoms with Gasteiger partial charge in [-0.3, -0.25) is 0 Å². The zero-order chi connectivity index (χ0) is 14.1. The minimum absolute atomic E-state index is 0.113. The van der Waals surface area contributed by atoms with Crippen LogP contribution in [0.1, 0.15) is 34.7 Å². The molecule has 0 spiro atoms. The van der Waals surface area contributed by atoms with E-state index in [0.717, 1.165) is 12.0 Å². The van der Waals surface area contributed by atoms with Crippen molar-refractivity contribution in [3.63, 3.8) is 0 Å². The van der Waals surface area contributed by atoms with Crippen LogP contribution in [0, 0.1) is 5.82 Å². The molecule has 1 aliphatic carbocycles. The standard InChI is InChI=1S/C17H17BrFN/c1-20-17(14-6-3-7-15(18)16(14)19)13-9-8-11-4-2-5-12(11)10-13/h3,6-10,17,20H,2,4-5H2,1H3. The van der Waals surface area contributed by atoms with E-state index in [9.17, 15) is 4.39 Å². The van der Waals surface area contributed by atoms with Gasteiger partial charge in [-0.15, -0.1) is 0 Å². The van der Waals surface area contributed by atoms with Gasteiger partial charge >= 0.3 is 0 Å². The monoisotopic (exact) mass is 333 g/mol. The average molecular weight is 334 g/mol. The van der Waals surface area contributed by atoms with E-state index in [1.807, 2.05) is 19.2 Å². The van der Waals surface area contributed by atoms with Crippen molar-refractivity contribution in [2.45, 2.75) is 25.3 Å². The lowest BCUT2D eigenvalue weighted by atomic mass is 9.95. The number of benzene rings is 2. The van der Waals surface area contributed by atoms with Crippen LogP contribution in [0.3, 0.4) is 0 Å². The first-order valence-electron chi connectivity index (χ1n) is 6.93. The van der Waals surface area contributed by atoms with Crippen LogP contribution in [-0.2, 0) is 12.8 Å². The Balaban J connectivity index is 2.03. The molecule has 0 amide bonds. The quantitative estimate of drug-likeness (QED) is 0.878. The lowest BCUT2D eigenvalue weighted by Crippen LogP contribution is -2.19. The molecule has 1 nitrogen and oxygen atoms in total. The zero-order valence-corrected chi connectivity index (χ0v) is 13.0. The molecule has 2 aromatic carbocycles. The largest absolute Gasteiger partial charge is 0.309 e. The summed E-state index contributed by atoms with van der Waals surface area (Å²) < 4.78 is 14.8. The lowest BCUT2D eigenvalue weighted by Gasteiger charge is -2.19. The zero-order valence-electron chi connectivity index (χ0n) is 11.4. The molecule has 104 valence electrons. The minimum Gasteiger partial charge on any atom is -0.309 e. The molecular weight excluding hydrogens is 317 g/mol. The van der Waals surface area contributed by atoms with Crippen LogP contribution in [-0.4, -0.2) is 7.05 Å². The summed E-state index contributed by atoms with van der Waals surface area (Å²) in [5.41, 5.74) is 4.67. The second-order valence-corrected chi connectivity index (χ2v) is 6.10. The summed E-state index contributed by atoms with van der Waals surface area (Å²) in [6.45, 7) is 0. The van der Waals surface area contributed by atoms with Gasteiger partial charge in [-0.2, -0.15) is 0 Å². The summed E-state index contributed by atoms with van der Waals surface area (Å²) >= 11 is 3.26. The number of nitrogens with one attached hydrogen (secondary N) is 1. The Morgan fingerprint density at radius 2 is 1.95 bits per heavy atom. The Bertz CT molecular complexity index is 639. The molecule has 1 aliphatic rings. The fourth-order valence-electron chi connectivity index (χ4n) is 3.02. The van der Waals surface area contributed by atoms with E-state index < -0.39 is 0 Å². The number of fused-ring (bicyclic) bond motifs is 1. The maximum absolute atomic E-state index is 14.3. The predicted octanol–water partition coefficient (Wildman–Crippen LogP) is 4.39. The van der Waals surface area contributed by atoms with E-state index in [1.54, 1.807) is 6.07 Å². The summed E-state index contributed by atoms with van der Waals surface area (Å²) in [6, 6.07) is 11.9. The van der Waals surface area contributed by atoms with Gasteiger partial charge in [0.05, 0.1) is 10.5 Å². The highest BCUT2D eigenvalue weighted by Gasteiger charge is 2.20. The van der Waals surface area contributed by atoms with Crippen molar-refractivity contribution in [2.24, 2.45) is 0 Å². The Kier molecular flexibility index (Phi) is 3.90. The molecule has 0 aromatic heterocycles. The fraction of sp³-hybridized carbons (Fsp3) is 0.294. The molecular formula is C17H17BrFN. The predicted molar refractivity (Wildman–Crippen MR) is 83.5 cm³/mol. The molecule has 3 heteroatoms. The number of hydrogen-bond donors (Lipinski definition) is 1. The van der Waals surface area contributed by atoms with Gasteiger partial charge in [-0.1, -0.05) is 30.3 Å². The van der Waals surface area contributed by atoms with Crippen molar-refractivity contribution in [1.82, 2.24) is 5.32 Å². The second kappa shape index (κ2) is 5.66. The van der Waals surface area contributed by atoms with Crippen molar-refractivity contribution in [1.29, 1.82) is 0 Å². The highest BCUT2D eigenvalue weighted by molar-refractivity contribution is 9.10. The summed E-state index contributed by atoms with van der Waals surface area (Å²) in [7, 11) is 1.87. The van der Waals surface area contributed by atoms with Gasteiger partial charge in [0, 0.05) is 5.56 Å². The van der Waals surface area contributed by atoms with Crippen LogP contribution in [0.15, 0.2) is 40.9 Å². The molecule has 2 aromatic rings. The topological polar surface area (TPSA) is 12.0 Å². The fourth-order valence-corrected chi connectivity index (χ4v) is 3.40. The van der Waals surface area contributed by atoms with Crippen molar-refractivity contribution in [3.8, 4) is 0 Å². The highest BCUT2D eigenvalue weighted by atomic mass is 79.9. The third-order valence-corrected chi connectivity index (χ3v) is 4.65. The third kappa shape index (κ3) is 2.40. The van der Waals surface area contributed by atoms with Gasteiger partial charge in [-0.05, 0) is 65.0 Å². The third-order valence-electron chi connectivity index (χ3n) is 4.04.